The zero-order valence-corrected chi connectivity index (χ0v) is 11.8. The highest BCUT2D eigenvalue weighted by Crippen LogP contribution is 2.23. The van der Waals surface area contributed by atoms with Gasteiger partial charge >= 0.3 is 0 Å². The Morgan fingerprint density at radius 1 is 1.40 bits per heavy atom. The standard InChI is InChI=1S/C15H21N3O2/c1-17-8-3-2-4-12(17)10-18-9-7-16-15(18)14-6-5-13(11-19)20-14/h5-7,9,12,19H,2-4,8,10-11H2,1H3/t12-/m1/s1. The summed E-state index contributed by atoms with van der Waals surface area (Å²) in [7, 11) is 2.19. The van der Waals surface area contributed by atoms with Crippen LogP contribution >= 0.6 is 0 Å². The molecule has 1 aliphatic heterocycles. The molecule has 1 aliphatic rings. The molecule has 20 heavy (non-hydrogen) atoms. The van der Waals surface area contributed by atoms with Gasteiger partial charge in [0.05, 0.1) is 0 Å². The van der Waals surface area contributed by atoms with E-state index in [0.717, 1.165) is 18.1 Å². The maximum absolute atomic E-state index is 9.09. The molecule has 1 atom stereocenters. The van der Waals surface area contributed by atoms with E-state index in [1.165, 1.54) is 25.8 Å². The van der Waals surface area contributed by atoms with Crippen LogP contribution in [0.3, 0.4) is 0 Å². The number of aliphatic hydroxyl groups excluding tert-OH is 1. The Hall–Kier alpha value is -1.59. The van der Waals surface area contributed by atoms with Gasteiger partial charge in [0.25, 0.3) is 0 Å². The normalized spacial score (nSPS) is 20.4. The molecule has 0 unspecified atom stereocenters. The lowest BCUT2D eigenvalue weighted by Gasteiger charge is -2.32. The predicted octanol–water partition coefficient (Wildman–Crippen LogP) is 2.12. The largest absolute Gasteiger partial charge is 0.455 e. The molecule has 1 N–H and O–H groups in total. The van der Waals surface area contributed by atoms with Crippen LogP contribution in [0.15, 0.2) is 28.9 Å². The second-order valence-corrected chi connectivity index (χ2v) is 5.46. The fourth-order valence-electron chi connectivity index (χ4n) is 2.87. The minimum absolute atomic E-state index is 0.0773. The summed E-state index contributed by atoms with van der Waals surface area (Å²) in [4.78, 5) is 6.82. The Bertz CT molecular complexity index is 561. The van der Waals surface area contributed by atoms with Crippen molar-refractivity contribution >= 4 is 0 Å². The van der Waals surface area contributed by atoms with Gasteiger partial charge in [0.1, 0.15) is 12.4 Å². The zero-order chi connectivity index (χ0) is 13.9. The van der Waals surface area contributed by atoms with Gasteiger partial charge in [0.2, 0.25) is 0 Å². The van der Waals surface area contributed by atoms with Crippen molar-refractivity contribution in [2.75, 3.05) is 13.6 Å². The fourth-order valence-corrected chi connectivity index (χ4v) is 2.87. The van der Waals surface area contributed by atoms with Crippen LogP contribution < -0.4 is 0 Å². The van der Waals surface area contributed by atoms with Gasteiger partial charge < -0.3 is 19.0 Å². The van der Waals surface area contributed by atoms with Crippen LogP contribution in [0.1, 0.15) is 25.0 Å². The Morgan fingerprint density at radius 2 is 2.30 bits per heavy atom. The van der Waals surface area contributed by atoms with Gasteiger partial charge in [-0.25, -0.2) is 4.98 Å². The number of hydrogen-bond acceptors (Lipinski definition) is 4. The van der Waals surface area contributed by atoms with Crippen LogP contribution in [-0.2, 0) is 13.2 Å². The Morgan fingerprint density at radius 3 is 3.05 bits per heavy atom. The molecule has 0 spiro atoms. The fraction of sp³-hybridized carbons (Fsp3) is 0.533. The Balaban J connectivity index is 1.79. The topological polar surface area (TPSA) is 54.4 Å². The van der Waals surface area contributed by atoms with Crippen molar-refractivity contribution < 1.29 is 9.52 Å². The molecule has 108 valence electrons. The molecule has 3 rings (SSSR count). The smallest absolute Gasteiger partial charge is 0.176 e. The number of rotatable bonds is 4. The van der Waals surface area contributed by atoms with Crippen molar-refractivity contribution in [1.82, 2.24) is 14.5 Å². The summed E-state index contributed by atoms with van der Waals surface area (Å²) in [5.74, 6) is 2.13. The zero-order valence-electron chi connectivity index (χ0n) is 11.8. The second-order valence-electron chi connectivity index (χ2n) is 5.46. The quantitative estimate of drug-likeness (QED) is 0.928. The molecule has 1 fully saturated rings. The molecule has 5 heteroatoms. The number of aromatic nitrogens is 2. The van der Waals surface area contributed by atoms with Crippen LogP contribution in [0.5, 0.6) is 0 Å². The lowest BCUT2D eigenvalue weighted by molar-refractivity contribution is 0.167. The van der Waals surface area contributed by atoms with E-state index in [0.29, 0.717) is 11.8 Å². The monoisotopic (exact) mass is 275 g/mol. The van der Waals surface area contributed by atoms with Crippen LogP contribution in [-0.4, -0.2) is 39.2 Å². The molecular formula is C15H21N3O2. The number of piperidine rings is 1. The summed E-state index contributed by atoms with van der Waals surface area (Å²) in [6, 6.07) is 4.22. The van der Waals surface area contributed by atoms with Gasteiger partial charge in [-0.15, -0.1) is 0 Å². The Kier molecular flexibility index (Phi) is 3.89. The SMILES string of the molecule is CN1CCCC[C@@H]1Cn1ccnc1-c1ccc(CO)o1. The molecule has 0 aromatic carbocycles. The van der Waals surface area contributed by atoms with Crippen molar-refractivity contribution in [2.24, 2.45) is 0 Å². The molecule has 0 aliphatic carbocycles. The molecule has 5 nitrogen and oxygen atoms in total. The van der Waals surface area contributed by atoms with E-state index in [1.54, 1.807) is 12.3 Å². The number of nitrogens with zero attached hydrogens (tertiary/aromatic N) is 3. The second kappa shape index (κ2) is 5.81. The third kappa shape index (κ3) is 2.64. The van der Waals surface area contributed by atoms with Gasteiger partial charge in [-0.05, 0) is 38.6 Å². The van der Waals surface area contributed by atoms with Gasteiger partial charge in [-0.3, -0.25) is 0 Å². The molecule has 2 aromatic rings. The number of furan rings is 1. The van der Waals surface area contributed by atoms with Gasteiger partial charge in [-0.2, -0.15) is 0 Å². The first-order valence-corrected chi connectivity index (χ1v) is 7.19. The van der Waals surface area contributed by atoms with E-state index < -0.39 is 0 Å². The summed E-state index contributed by atoms with van der Waals surface area (Å²) in [5.41, 5.74) is 0. The number of aliphatic hydroxyl groups is 1. The molecule has 1 saturated heterocycles. The molecule has 0 saturated carbocycles. The van der Waals surface area contributed by atoms with Gasteiger partial charge in [0.15, 0.2) is 11.6 Å². The Labute approximate surface area is 118 Å². The summed E-state index contributed by atoms with van der Waals surface area (Å²) < 4.78 is 7.73. The van der Waals surface area contributed by atoms with E-state index in [2.05, 4.69) is 21.5 Å². The van der Waals surface area contributed by atoms with Crippen molar-refractivity contribution in [2.45, 2.75) is 38.5 Å². The molecule has 0 amide bonds. The molecular weight excluding hydrogens is 254 g/mol. The van der Waals surface area contributed by atoms with Gasteiger partial charge in [-0.1, -0.05) is 6.42 Å². The maximum atomic E-state index is 9.09. The van der Waals surface area contributed by atoms with Crippen molar-refractivity contribution in [3.05, 3.63) is 30.3 Å². The maximum Gasteiger partial charge on any atom is 0.176 e. The molecule has 2 aromatic heterocycles. The van der Waals surface area contributed by atoms with Crippen LogP contribution in [0, 0.1) is 0 Å². The van der Waals surface area contributed by atoms with E-state index >= 15 is 0 Å². The first-order chi connectivity index (χ1) is 9.78. The van der Waals surface area contributed by atoms with Gasteiger partial charge in [0, 0.05) is 25.0 Å². The van der Waals surface area contributed by atoms with E-state index in [1.807, 2.05) is 12.3 Å². The number of hydrogen-bond donors (Lipinski definition) is 1. The minimum atomic E-state index is -0.0773. The number of likely N-dealkylation sites (N-methyl/N-ethyl adjacent to an activating group) is 1. The average Bonchev–Trinajstić information content (AvgIpc) is 3.09. The first kappa shape index (κ1) is 13.4. The third-order valence-corrected chi connectivity index (χ3v) is 4.08. The van der Waals surface area contributed by atoms with Crippen LogP contribution in [0.25, 0.3) is 11.6 Å². The van der Waals surface area contributed by atoms with Crippen LogP contribution in [0.4, 0.5) is 0 Å². The number of likely N-dealkylation sites (tertiary alicyclic amines) is 1. The molecule has 0 bridgehead atoms. The van der Waals surface area contributed by atoms with E-state index in [-0.39, 0.29) is 6.61 Å². The molecule has 3 heterocycles. The lowest BCUT2D eigenvalue weighted by Crippen LogP contribution is -2.39. The number of imidazole rings is 1. The van der Waals surface area contributed by atoms with Crippen LogP contribution in [0.2, 0.25) is 0 Å². The van der Waals surface area contributed by atoms with Crippen molar-refractivity contribution in [3.8, 4) is 11.6 Å². The summed E-state index contributed by atoms with van der Waals surface area (Å²) in [6.07, 6.45) is 7.63. The predicted molar refractivity (Wildman–Crippen MR) is 76.1 cm³/mol. The van der Waals surface area contributed by atoms with Crippen molar-refractivity contribution in [1.29, 1.82) is 0 Å². The highest BCUT2D eigenvalue weighted by atomic mass is 16.4. The van der Waals surface area contributed by atoms with Crippen molar-refractivity contribution in [3.63, 3.8) is 0 Å². The summed E-state index contributed by atoms with van der Waals surface area (Å²) in [6.45, 7) is 2.02. The highest BCUT2D eigenvalue weighted by molar-refractivity contribution is 5.47. The lowest BCUT2D eigenvalue weighted by atomic mass is 10.0. The van der Waals surface area contributed by atoms with E-state index in [4.69, 9.17) is 9.52 Å². The molecule has 0 radical (unpaired) electrons. The first-order valence-electron chi connectivity index (χ1n) is 7.19. The average molecular weight is 275 g/mol. The third-order valence-electron chi connectivity index (χ3n) is 4.08. The summed E-state index contributed by atoms with van der Waals surface area (Å²) >= 11 is 0. The summed E-state index contributed by atoms with van der Waals surface area (Å²) in [5, 5.41) is 9.09. The minimum Gasteiger partial charge on any atom is -0.455 e. The highest BCUT2D eigenvalue weighted by Gasteiger charge is 2.21. The van der Waals surface area contributed by atoms with E-state index in [9.17, 15) is 0 Å².